The summed E-state index contributed by atoms with van der Waals surface area (Å²) >= 11 is 0. The molecule has 0 aliphatic carbocycles. The lowest BCUT2D eigenvalue weighted by atomic mass is 9.99. The second kappa shape index (κ2) is 7.38. The summed E-state index contributed by atoms with van der Waals surface area (Å²) in [6.45, 7) is 4.04. The highest BCUT2D eigenvalue weighted by atomic mass is 19.1. The van der Waals surface area contributed by atoms with Crippen LogP contribution in [0.4, 0.5) is 10.2 Å². The van der Waals surface area contributed by atoms with Gasteiger partial charge >= 0.3 is 0 Å². The topological polar surface area (TPSA) is 58.1 Å². The number of rotatable bonds is 4. The summed E-state index contributed by atoms with van der Waals surface area (Å²) in [6.07, 6.45) is 3.41. The minimum absolute atomic E-state index is 0.0711. The molecule has 1 aliphatic rings. The van der Waals surface area contributed by atoms with E-state index in [1.807, 2.05) is 4.90 Å². The number of benzene rings is 1. The first-order valence-corrected chi connectivity index (χ1v) is 8.22. The molecule has 0 bridgehead atoms. The Hall–Kier alpha value is -2.50. The predicted octanol–water partition coefficient (Wildman–Crippen LogP) is 3.10. The lowest BCUT2D eigenvalue weighted by molar-refractivity contribution is 0.0691. The van der Waals surface area contributed by atoms with E-state index in [0.717, 1.165) is 25.9 Å². The number of carbonyl (C=O) groups is 1. The summed E-state index contributed by atoms with van der Waals surface area (Å²) in [4.78, 5) is 22.6. The molecule has 2 heterocycles. The number of likely N-dealkylation sites (tertiary alicyclic amines) is 1. The van der Waals surface area contributed by atoms with Crippen molar-refractivity contribution in [2.45, 2.75) is 26.3 Å². The molecule has 0 unspecified atom stereocenters. The maximum absolute atomic E-state index is 13.6. The summed E-state index contributed by atoms with van der Waals surface area (Å²) < 4.78 is 13.6. The molecule has 5 nitrogen and oxygen atoms in total. The van der Waals surface area contributed by atoms with E-state index in [9.17, 15) is 9.18 Å². The zero-order chi connectivity index (χ0) is 16.9. The van der Waals surface area contributed by atoms with E-state index in [4.69, 9.17) is 0 Å². The molecule has 1 amide bonds. The van der Waals surface area contributed by atoms with Gasteiger partial charge in [-0.25, -0.2) is 14.4 Å². The number of nitrogens with one attached hydrogen (secondary N) is 1. The maximum atomic E-state index is 13.6. The highest BCUT2D eigenvalue weighted by Gasteiger charge is 2.22. The van der Waals surface area contributed by atoms with Gasteiger partial charge in [0.05, 0.1) is 0 Å². The Morgan fingerprint density at radius 2 is 2.04 bits per heavy atom. The lowest BCUT2D eigenvalue weighted by Gasteiger charge is -2.30. The van der Waals surface area contributed by atoms with E-state index in [-0.39, 0.29) is 11.7 Å². The van der Waals surface area contributed by atoms with E-state index < -0.39 is 0 Å². The van der Waals surface area contributed by atoms with E-state index in [2.05, 4.69) is 22.2 Å². The number of amides is 1. The van der Waals surface area contributed by atoms with Crippen molar-refractivity contribution in [2.75, 3.05) is 18.4 Å². The van der Waals surface area contributed by atoms with Crippen molar-refractivity contribution in [2.24, 2.45) is 5.92 Å². The summed E-state index contributed by atoms with van der Waals surface area (Å²) in [5.41, 5.74) is 0.921. The fourth-order valence-corrected chi connectivity index (χ4v) is 2.77. The van der Waals surface area contributed by atoms with Crippen LogP contribution in [-0.4, -0.2) is 33.9 Å². The van der Waals surface area contributed by atoms with E-state index in [0.29, 0.717) is 29.5 Å². The van der Waals surface area contributed by atoms with Crippen LogP contribution in [0, 0.1) is 11.7 Å². The molecule has 1 aromatic heterocycles. The van der Waals surface area contributed by atoms with Crippen molar-refractivity contribution in [3.05, 3.63) is 53.7 Å². The molecule has 3 rings (SSSR count). The van der Waals surface area contributed by atoms with Gasteiger partial charge in [-0.05, 0) is 24.8 Å². The first kappa shape index (κ1) is 16.4. The molecule has 0 radical (unpaired) electrons. The van der Waals surface area contributed by atoms with Crippen LogP contribution in [0.15, 0.2) is 36.7 Å². The smallest absolute Gasteiger partial charge is 0.272 e. The second-order valence-electron chi connectivity index (χ2n) is 6.21. The average Bonchev–Trinajstić information content (AvgIpc) is 2.61. The number of nitrogens with zero attached hydrogens (tertiary/aromatic N) is 3. The van der Waals surface area contributed by atoms with Crippen molar-refractivity contribution in [3.8, 4) is 0 Å². The molecule has 0 spiro atoms. The molecule has 6 heteroatoms. The number of halogens is 1. The average molecular weight is 328 g/mol. The molecule has 126 valence electrons. The molecule has 1 aliphatic heterocycles. The summed E-state index contributed by atoms with van der Waals surface area (Å²) in [7, 11) is 0. The van der Waals surface area contributed by atoms with Gasteiger partial charge < -0.3 is 10.2 Å². The number of aromatic nitrogens is 2. The molecule has 1 N–H and O–H groups in total. The molecule has 1 aromatic carbocycles. The van der Waals surface area contributed by atoms with Crippen molar-refractivity contribution < 1.29 is 9.18 Å². The fourth-order valence-electron chi connectivity index (χ4n) is 2.77. The molecule has 0 saturated carbocycles. The summed E-state index contributed by atoms with van der Waals surface area (Å²) in [5.74, 6) is 0.843. The van der Waals surface area contributed by atoms with Crippen LogP contribution in [0.25, 0.3) is 0 Å². The molecule has 1 saturated heterocycles. The van der Waals surface area contributed by atoms with E-state index in [1.54, 1.807) is 24.3 Å². The number of hydrogen-bond acceptors (Lipinski definition) is 4. The van der Waals surface area contributed by atoms with Gasteiger partial charge in [0.25, 0.3) is 5.91 Å². The van der Waals surface area contributed by atoms with Gasteiger partial charge in [-0.1, -0.05) is 25.1 Å². The van der Waals surface area contributed by atoms with Gasteiger partial charge in [0, 0.05) is 31.3 Å². The Kier molecular flexibility index (Phi) is 5.03. The Labute approximate surface area is 140 Å². The van der Waals surface area contributed by atoms with Crippen LogP contribution in [0.3, 0.4) is 0 Å². The molecular formula is C18H21FN4O. The van der Waals surface area contributed by atoms with Gasteiger partial charge in [-0.2, -0.15) is 0 Å². The van der Waals surface area contributed by atoms with Gasteiger partial charge in [0.2, 0.25) is 0 Å². The Morgan fingerprint density at radius 3 is 2.79 bits per heavy atom. The summed E-state index contributed by atoms with van der Waals surface area (Å²) in [5, 5.41) is 3.05. The third-order valence-corrected chi connectivity index (χ3v) is 4.37. The standard InChI is InChI=1S/C18H21FN4O/c1-13-6-8-23(9-7-13)18(24)16-10-17(22-12-21-16)20-11-14-4-2-3-5-15(14)19/h2-5,10,12-13H,6-9,11H2,1H3,(H,20,21,22). The molecule has 0 atom stereocenters. The zero-order valence-corrected chi connectivity index (χ0v) is 13.7. The van der Waals surface area contributed by atoms with Crippen molar-refractivity contribution >= 4 is 11.7 Å². The van der Waals surface area contributed by atoms with Gasteiger partial charge in [-0.15, -0.1) is 0 Å². The van der Waals surface area contributed by atoms with Gasteiger partial charge in [-0.3, -0.25) is 4.79 Å². The number of hydrogen-bond donors (Lipinski definition) is 1. The van der Waals surface area contributed by atoms with Crippen LogP contribution in [0.5, 0.6) is 0 Å². The lowest BCUT2D eigenvalue weighted by Crippen LogP contribution is -2.38. The zero-order valence-electron chi connectivity index (χ0n) is 13.7. The van der Waals surface area contributed by atoms with Gasteiger partial charge in [0.15, 0.2) is 0 Å². The largest absolute Gasteiger partial charge is 0.366 e. The SMILES string of the molecule is CC1CCN(C(=O)c2cc(NCc3ccccc3F)ncn2)CC1. The Bertz CT molecular complexity index is 714. The minimum Gasteiger partial charge on any atom is -0.366 e. The minimum atomic E-state index is -0.266. The van der Waals surface area contributed by atoms with Crippen LogP contribution in [0.2, 0.25) is 0 Å². The summed E-state index contributed by atoms with van der Waals surface area (Å²) in [6, 6.07) is 8.20. The number of anilines is 1. The van der Waals surface area contributed by atoms with Crippen LogP contribution < -0.4 is 5.32 Å². The van der Waals surface area contributed by atoms with Crippen molar-refractivity contribution in [1.82, 2.24) is 14.9 Å². The second-order valence-corrected chi connectivity index (χ2v) is 6.21. The van der Waals surface area contributed by atoms with E-state index >= 15 is 0 Å². The van der Waals surface area contributed by atoms with E-state index in [1.165, 1.54) is 12.4 Å². The maximum Gasteiger partial charge on any atom is 0.272 e. The third-order valence-electron chi connectivity index (χ3n) is 4.37. The monoisotopic (exact) mass is 328 g/mol. The highest BCUT2D eigenvalue weighted by Crippen LogP contribution is 2.18. The Morgan fingerprint density at radius 1 is 1.29 bits per heavy atom. The first-order valence-electron chi connectivity index (χ1n) is 8.22. The highest BCUT2D eigenvalue weighted by molar-refractivity contribution is 5.92. The number of piperidine rings is 1. The van der Waals surface area contributed by atoms with Crippen molar-refractivity contribution in [3.63, 3.8) is 0 Å². The first-order chi connectivity index (χ1) is 11.6. The fraction of sp³-hybridized carbons (Fsp3) is 0.389. The van der Waals surface area contributed by atoms with Crippen molar-refractivity contribution in [1.29, 1.82) is 0 Å². The molecular weight excluding hydrogens is 307 g/mol. The van der Waals surface area contributed by atoms with Gasteiger partial charge in [0.1, 0.15) is 23.7 Å². The number of carbonyl (C=O) groups excluding carboxylic acids is 1. The van der Waals surface area contributed by atoms with Crippen LogP contribution >= 0.6 is 0 Å². The van der Waals surface area contributed by atoms with Crippen LogP contribution in [-0.2, 0) is 6.54 Å². The predicted molar refractivity (Wildman–Crippen MR) is 90.1 cm³/mol. The Balaban J connectivity index is 1.65. The molecule has 1 fully saturated rings. The normalized spacial score (nSPS) is 15.3. The third kappa shape index (κ3) is 3.88. The molecule has 24 heavy (non-hydrogen) atoms. The quantitative estimate of drug-likeness (QED) is 0.937. The molecule has 2 aromatic rings. The van der Waals surface area contributed by atoms with Crippen LogP contribution in [0.1, 0.15) is 35.8 Å².